The quantitative estimate of drug-likeness (QED) is 0.561. The van der Waals surface area contributed by atoms with E-state index >= 15 is 0 Å². The molecule has 0 saturated heterocycles. The third kappa shape index (κ3) is 4.73. The minimum atomic E-state index is -3.83. The first-order valence-corrected chi connectivity index (χ1v) is 13.0. The second kappa shape index (κ2) is 8.44. The molecule has 162 valence electrons. The Balaban J connectivity index is 1.59. The molecule has 1 aliphatic heterocycles. The number of hydrogen-bond donors (Lipinski definition) is 1. The number of anilines is 1. The van der Waals surface area contributed by atoms with E-state index in [9.17, 15) is 16.8 Å². The van der Waals surface area contributed by atoms with Gasteiger partial charge in [0.2, 0.25) is 10.0 Å². The van der Waals surface area contributed by atoms with E-state index in [1.807, 2.05) is 6.07 Å². The number of nitrogens with zero attached hydrogens (tertiary/aromatic N) is 1. The van der Waals surface area contributed by atoms with Crippen LogP contribution in [0, 0.1) is 0 Å². The van der Waals surface area contributed by atoms with Crippen LogP contribution in [0.2, 0.25) is 10.0 Å². The minimum Gasteiger partial charge on any atom is -0.280 e. The van der Waals surface area contributed by atoms with Gasteiger partial charge < -0.3 is 0 Å². The molecule has 0 radical (unpaired) electrons. The lowest BCUT2D eigenvalue weighted by molar-refractivity contribution is 0.391. The van der Waals surface area contributed by atoms with E-state index in [0.717, 1.165) is 11.1 Å². The molecule has 0 atom stereocenters. The van der Waals surface area contributed by atoms with Gasteiger partial charge in [-0.3, -0.25) is 4.72 Å². The maximum atomic E-state index is 13.0. The van der Waals surface area contributed by atoms with Crippen molar-refractivity contribution in [3.05, 3.63) is 87.9 Å². The van der Waals surface area contributed by atoms with Gasteiger partial charge in [0.25, 0.3) is 10.0 Å². The minimum absolute atomic E-state index is 0.0460. The molecule has 10 heteroatoms. The van der Waals surface area contributed by atoms with E-state index in [1.165, 1.54) is 40.7 Å². The predicted octanol–water partition coefficient (Wildman–Crippen LogP) is 4.54. The summed E-state index contributed by atoms with van der Waals surface area (Å²) in [5, 5.41) is 0.774. The summed E-state index contributed by atoms with van der Waals surface area (Å²) in [5.74, 6) is 0. The fourth-order valence-electron chi connectivity index (χ4n) is 3.40. The summed E-state index contributed by atoms with van der Waals surface area (Å²) < 4.78 is 55.3. The monoisotopic (exact) mass is 496 g/mol. The molecule has 6 nitrogen and oxygen atoms in total. The Morgan fingerprint density at radius 2 is 1.52 bits per heavy atom. The van der Waals surface area contributed by atoms with Crippen molar-refractivity contribution in [1.29, 1.82) is 0 Å². The molecule has 0 amide bonds. The fraction of sp³-hybridized carbons (Fsp3) is 0.143. The molecule has 0 unspecified atom stereocenters. The zero-order valence-electron chi connectivity index (χ0n) is 16.1. The van der Waals surface area contributed by atoms with Gasteiger partial charge in [0.15, 0.2) is 0 Å². The lowest BCUT2D eigenvalue weighted by Gasteiger charge is -2.28. The smallest absolute Gasteiger partial charge is 0.261 e. The van der Waals surface area contributed by atoms with E-state index in [1.54, 1.807) is 24.3 Å². The van der Waals surface area contributed by atoms with Gasteiger partial charge in [0.05, 0.1) is 9.79 Å². The second-order valence-corrected chi connectivity index (χ2v) is 11.6. The highest BCUT2D eigenvalue weighted by molar-refractivity contribution is 7.92. The maximum absolute atomic E-state index is 13.0. The van der Waals surface area contributed by atoms with Crippen molar-refractivity contribution in [3.8, 4) is 0 Å². The third-order valence-corrected chi connectivity index (χ3v) is 8.72. The number of halogens is 2. The fourth-order valence-corrected chi connectivity index (χ4v) is 6.30. The molecule has 3 aromatic rings. The molecule has 0 aliphatic carbocycles. The number of hydrogen-bond acceptors (Lipinski definition) is 4. The summed E-state index contributed by atoms with van der Waals surface area (Å²) in [6, 6.07) is 17.1. The van der Waals surface area contributed by atoms with Crippen LogP contribution in [0.5, 0.6) is 0 Å². The van der Waals surface area contributed by atoms with Crippen molar-refractivity contribution in [3.63, 3.8) is 0 Å². The summed E-state index contributed by atoms with van der Waals surface area (Å²) in [6.07, 6.45) is 0.531. The van der Waals surface area contributed by atoms with Crippen molar-refractivity contribution in [2.24, 2.45) is 0 Å². The Labute approximate surface area is 191 Å². The lowest BCUT2D eigenvalue weighted by atomic mass is 10.0. The van der Waals surface area contributed by atoms with Crippen LogP contribution in [0.25, 0.3) is 0 Å². The number of rotatable bonds is 5. The number of sulfonamides is 2. The van der Waals surface area contributed by atoms with Crippen LogP contribution in [0.3, 0.4) is 0 Å². The second-order valence-electron chi connectivity index (χ2n) is 7.09. The van der Waals surface area contributed by atoms with Crippen LogP contribution in [-0.2, 0) is 33.0 Å². The highest BCUT2D eigenvalue weighted by Crippen LogP contribution is 2.28. The average molecular weight is 497 g/mol. The van der Waals surface area contributed by atoms with Crippen LogP contribution < -0.4 is 4.72 Å². The summed E-state index contributed by atoms with van der Waals surface area (Å²) in [4.78, 5) is 0.211. The Hall–Kier alpha value is -2.10. The van der Waals surface area contributed by atoms with Gasteiger partial charge in [-0.2, -0.15) is 4.31 Å². The van der Waals surface area contributed by atoms with E-state index < -0.39 is 20.0 Å². The summed E-state index contributed by atoms with van der Waals surface area (Å²) >= 11 is 11.8. The molecule has 0 bridgehead atoms. The SMILES string of the molecule is O=S(=O)(Nc1ccc2c(c1)CN(S(=O)(=O)c1ccc(Cl)cc1)CC2)c1cccc(Cl)c1. The first kappa shape index (κ1) is 22.1. The van der Waals surface area contributed by atoms with E-state index in [-0.39, 0.29) is 16.3 Å². The molecule has 0 fully saturated rings. The van der Waals surface area contributed by atoms with Gasteiger partial charge >= 0.3 is 0 Å². The average Bonchev–Trinajstić information content (AvgIpc) is 2.73. The van der Waals surface area contributed by atoms with Crippen LogP contribution in [0.1, 0.15) is 11.1 Å². The van der Waals surface area contributed by atoms with Crippen LogP contribution in [-0.4, -0.2) is 27.7 Å². The third-order valence-electron chi connectivity index (χ3n) is 4.99. The molecule has 0 aromatic heterocycles. The zero-order valence-corrected chi connectivity index (χ0v) is 19.3. The van der Waals surface area contributed by atoms with Crippen LogP contribution in [0.15, 0.2) is 76.5 Å². The Kier molecular flexibility index (Phi) is 6.02. The maximum Gasteiger partial charge on any atom is 0.261 e. The lowest BCUT2D eigenvalue weighted by Crippen LogP contribution is -2.36. The van der Waals surface area contributed by atoms with Crippen LogP contribution in [0.4, 0.5) is 5.69 Å². The molecular weight excluding hydrogens is 479 g/mol. The topological polar surface area (TPSA) is 83.6 Å². The van der Waals surface area contributed by atoms with Gasteiger partial charge in [-0.15, -0.1) is 0 Å². The molecule has 0 spiro atoms. The van der Waals surface area contributed by atoms with Gasteiger partial charge in [0, 0.05) is 28.8 Å². The van der Waals surface area contributed by atoms with Crippen molar-refractivity contribution in [2.45, 2.75) is 22.8 Å². The highest BCUT2D eigenvalue weighted by atomic mass is 35.5. The Morgan fingerprint density at radius 1 is 0.774 bits per heavy atom. The molecule has 1 aliphatic rings. The molecule has 1 heterocycles. The summed E-state index contributed by atoms with van der Waals surface area (Å²) in [5.41, 5.74) is 2.08. The highest BCUT2D eigenvalue weighted by Gasteiger charge is 2.28. The normalized spacial score (nSPS) is 14.8. The van der Waals surface area contributed by atoms with Gasteiger partial charge in [-0.05, 0) is 72.1 Å². The van der Waals surface area contributed by atoms with Gasteiger partial charge in [-0.25, -0.2) is 16.8 Å². The molecular formula is C21H18Cl2N2O4S2. The Morgan fingerprint density at radius 3 is 2.23 bits per heavy atom. The molecule has 3 aromatic carbocycles. The zero-order chi connectivity index (χ0) is 22.2. The first-order valence-electron chi connectivity index (χ1n) is 9.31. The predicted molar refractivity (Wildman–Crippen MR) is 121 cm³/mol. The largest absolute Gasteiger partial charge is 0.280 e. The van der Waals surface area contributed by atoms with Crippen molar-refractivity contribution in [2.75, 3.05) is 11.3 Å². The number of benzene rings is 3. The Bertz CT molecular complexity index is 1340. The molecule has 0 saturated carbocycles. The number of fused-ring (bicyclic) bond motifs is 1. The summed E-state index contributed by atoms with van der Waals surface area (Å²) in [7, 11) is -7.53. The van der Waals surface area contributed by atoms with Gasteiger partial charge in [0.1, 0.15) is 0 Å². The van der Waals surface area contributed by atoms with Crippen LogP contribution >= 0.6 is 23.2 Å². The standard InChI is InChI=1S/C21H18Cl2N2O4S2/c22-17-5-8-20(9-6-17)31(28,29)25-11-10-15-4-7-19(12-16(15)14-25)24-30(26,27)21-3-1-2-18(23)13-21/h1-9,12-13,24H,10-11,14H2. The van der Waals surface area contributed by atoms with E-state index in [4.69, 9.17) is 23.2 Å². The molecule has 31 heavy (non-hydrogen) atoms. The summed E-state index contributed by atoms with van der Waals surface area (Å²) in [6.45, 7) is 0.485. The van der Waals surface area contributed by atoms with E-state index in [2.05, 4.69) is 4.72 Å². The van der Waals surface area contributed by atoms with Gasteiger partial charge in [-0.1, -0.05) is 35.3 Å². The van der Waals surface area contributed by atoms with Crippen molar-refractivity contribution < 1.29 is 16.8 Å². The van der Waals surface area contributed by atoms with E-state index in [0.29, 0.717) is 28.7 Å². The molecule has 1 N–H and O–H groups in total. The molecule has 4 rings (SSSR count). The van der Waals surface area contributed by atoms with Crippen molar-refractivity contribution >= 4 is 48.9 Å². The first-order chi connectivity index (χ1) is 14.6. The number of nitrogens with one attached hydrogen (secondary N) is 1. The van der Waals surface area contributed by atoms with Crippen molar-refractivity contribution in [1.82, 2.24) is 4.31 Å².